The largest absolute Gasteiger partial charge is 0.492 e. The second-order valence-electron chi connectivity index (χ2n) is 4.88. The van der Waals surface area contributed by atoms with Crippen LogP contribution in [0.5, 0.6) is 5.75 Å². The molecule has 21 heavy (non-hydrogen) atoms. The van der Waals surface area contributed by atoms with Crippen molar-refractivity contribution < 1.29 is 4.74 Å². The second kappa shape index (κ2) is 5.29. The minimum Gasteiger partial charge on any atom is -0.492 e. The van der Waals surface area contributed by atoms with Crippen molar-refractivity contribution in [3.05, 3.63) is 47.5 Å². The molecule has 0 bridgehead atoms. The summed E-state index contributed by atoms with van der Waals surface area (Å²) in [4.78, 5) is 0. The number of benzene rings is 2. The molecule has 104 valence electrons. The van der Waals surface area contributed by atoms with E-state index in [1.807, 2.05) is 25.1 Å². The Kier molecular flexibility index (Phi) is 3.33. The maximum Gasteiger partial charge on any atom is 0.137 e. The summed E-state index contributed by atoms with van der Waals surface area (Å²) in [5, 5.41) is 17.5. The number of aryl methyl sites for hydroxylation is 1. The SMILES string of the molecule is CCOc1cc2c(-c3ccc(C)cc3)n[nH]c2cc1C#N. The number of rotatable bonds is 3. The summed E-state index contributed by atoms with van der Waals surface area (Å²) in [6.45, 7) is 4.48. The number of nitrogens with zero attached hydrogens (tertiary/aromatic N) is 2. The molecule has 0 unspecified atom stereocenters. The van der Waals surface area contributed by atoms with Crippen LogP contribution < -0.4 is 4.74 Å². The lowest BCUT2D eigenvalue weighted by molar-refractivity contribution is 0.340. The highest BCUT2D eigenvalue weighted by molar-refractivity contribution is 5.94. The van der Waals surface area contributed by atoms with Crippen molar-refractivity contribution in [1.82, 2.24) is 10.2 Å². The number of ether oxygens (including phenoxy) is 1. The Hall–Kier alpha value is -2.80. The minimum absolute atomic E-state index is 0.517. The molecule has 0 radical (unpaired) electrons. The first-order valence-corrected chi connectivity index (χ1v) is 6.85. The zero-order chi connectivity index (χ0) is 14.8. The van der Waals surface area contributed by atoms with Crippen LogP contribution in [0.1, 0.15) is 18.1 Å². The molecule has 3 aromatic rings. The predicted octanol–water partition coefficient (Wildman–Crippen LogP) is 3.81. The van der Waals surface area contributed by atoms with Crippen LogP contribution in [0, 0.1) is 18.3 Å². The van der Waals surface area contributed by atoms with Crippen molar-refractivity contribution in [1.29, 1.82) is 5.26 Å². The van der Waals surface area contributed by atoms with Crippen molar-refractivity contribution in [2.75, 3.05) is 6.61 Å². The van der Waals surface area contributed by atoms with Gasteiger partial charge in [-0.2, -0.15) is 10.4 Å². The summed E-state index contributed by atoms with van der Waals surface area (Å²) < 4.78 is 5.55. The Labute approximate surface area is 123 Å². The van der Waals surface area contributed by atoms with Crippen molar-refractivity contribution in [3.8, 4) is 23.1 Å². The molecular weight excluding hydrogens is 262 g/mol. The van der Waals surface area contributed by atoms with Crippen LogP contribution in [0.4, 0.5) is 0 Å². The van der Waals surface area contributed by atoms with Gasteiger partial charge in [0, 0.05) is 10.9 Å². The lowest BCUT2D eigenvalue weighted by Gasteiger charge is -2.06. The summed E-state index contributed by atoms with van der Waals surface area (Å²) in [6.07, 6.45) is 0. The molecular formula is C17H15N3O. The zero-order valence-electron chi connectivity index (χ0n) is 12.0. The third-order valence-electron chi connectivity index (χ3n) is 3.41. The predicted molar refractivity (Wildman–Crippen MR) is 82.2 cm³/mol. The van der Waals surface area contributed by atoms with Gasteiger partial charge >= 0.3 is 0 Å². The molecule has 0 saturated carbocycles. The summed E-state index contributed by atoms with van der Waals surface area (Å²) in [5.74, 6) is 0.599. The first-order valence-electron chi connectivity index (χ1n) is 6.85. The first-order chi connectivity index (χ1) is 10.2. The van der Waals surface area contributed by atoms with E-state index < -0.39 is 0 Å². The van der Waals surface area contributed by atoms with Crippen LogP contribution in [-0.4, -0.2) is 16.8 Å². The molecule has 0 aliphatic heterocycles. The fraction of sp³-hybridized carbons (Fsp3) is 0.176. The van der Waals surface area contributed by atoms with Gasteiger partial charge < -0.3 is 4.74 Å². The monoisotopic (exact) mass is 277 g/mol. The molecule has 4 nitrogen and oxygen atoms in total. The Morgan fingerprint density at radius 3 is 2.67 bits per heavy atom. The molecule has 3 rings (SSSR count). The number of nitrogens with one attached hydrogen (secondary N) is 1. The van der Waals surface area contributed by atoms with E-state index in [2.05, 4.69) is 35.3 Å². The Balaban J connectivity index is 2.19. The fourth-order valence-corrected chi connectivity index (χ4v) is 2.34. The number of aromatic amines is 1. The van der Waals surface area contributed by atoms with E-state index in [0.717, 1.165) is 22.2 Å². The summed E-state index contributed by atoms with van der Waals surface area (Å²) in [6, 6.07) is 14.0. The van der Waals surface area contributed by atoms with Gasteiger partial charge in [0.15, 0.2) is 0 Å². The van der Waals surface area contributed by atoms with E-state index in [4.69, 9.17) is 4.74 Å². The lowest BCUT2D eigenvalue weighted by Crippen LogP contribution is -1.94. The molecule has 0 spiro atoms. The van der Waals surface area contributed by atoms with E-state index in [1.54, 1.807) is 6.07 Å². The highest BCUT2D eigenvalue weighted by atomic mass is 16.5. The van der Waals surface area contributed by atoms with Crippen LogP contribution in [0.3, 0.4) is 0 Å². The standard InChI is InChI=1S/C17H15N3O/c1-3-21-16-9-14-15(8-13(16)10-18)19-20-17(14)12-6-4-11(2)5-7-12/h4-9H,3H2,1-2H3,(H,19,20). The zero-order valence-corrected chi connectivity index (χ0v) is 12.0. The van der Waals surface area contributed by atoms with Crippen LogP contribution >= 0.6 is 0 Å². The quantitative estimate of drug-likeness (QED) is 0.791. The number of nitriles is 1. The summed E-state index contributed by atoms with van der Waals surface area (Å²) >= 11 is 0. The van der Waals surface area contributed by atoms with E-state index in [9.17, 15) is 5.26 Å². The Bertz CT molecular complexity index is 826. The van der Waals surface area contributed by atoms with Gasteiger partial charge in [-0.05, 0) is 26.0 Å². The van der Waals surface area contributed by atoms with Crippen LogP contribution in [0.25, 0.3) is 22.2 Å². The highest BCUT2D eigenvalue weighted by Crippen LogP contribution is 2.31. The molecule has 1 aromatic heterocycles. The van der Waals surface area contributed by atoms with Gasteiger partial charge in [-0.3, -0.25) is 5.10 Å². The maximum atomic E-state index is 9.19. The number of aromatic nitrogens is 2. The number of fused-ring (bicyclic) bond motifs is 1. The topological polar surface area (TPSA) is 61.7 Å². The molecule has 2 aromatic carbocycles. The summed E-state index contributed by atoms with van der Waals surface area (Å²) in [5.41, 5.74) is 4.48. The van der Waals surface area contributed by atoms with Crippen molar-refractivity contribution >= 4 is 10.9 Å². The summed E-state index contributed by atoms with van der Waals surface area (Å²) in [7, 11) is 0. The van der Waals surface area contributed by atoms with Gasteiger partial charge in [-0.1, -0.05) is 29.8 Å². The highest BCUT2D eigenvalue weighted by Gasteiger charge is 2.12. The van der Waals surface area contributed by atoms with E-state index in [1.165, 1.54) is 5.56 Å². The molecule has 1 N–H and O–H groups in total. The average molecular weight is 277 g/mol. The van der Waals surface area contributed by atoms with E-state index in [0.29, 0.717) is 17.9 Å². The molecule has 0 aliphatic rings. The smallest absolute Gasteiger partial charge is 0.137 e. The minimum atomic E-state index is 0.517. The molecule has 4 heteroatoms. The molecule has 0 saturated heterocycles. The number of H-pyrrole nitrogens is 1. The fourth-order valence-electron chi connectivity index (χ4n) is 2.34. The van der Waals surface area contributed by atoms with Gasteiger partial charge in [0.25, 0.3) is 0 Å². The molecule has 0 atom stereocenters. The van der Waals surface area contributed by atoms with Gasteiger partial charge in [0.2, 0.25) is 0 Å². The van der Waals surface area contributed by atoms with Gasteiger partial charge in [-0.25, -0.2) is 0 Å². The van der Waals surface area contributed by atoms with Gasteiger partial charge in [-0.15, -0.1) is 0 Å². The van der Waals surface area contributed by atoms with E-state index >= 15 is 0 Å². The molecule has 0 aliphatic carbocycles. The number of hydrogen-bond acceptors (Lipinski definition) is 3. The second-order valence-corrected chi connectivity index (χ2v) is 4.88. The van der Waals surface area contributed by atoms with Crippen LogP contribution in [-0.2, 0) is 0 Å². The number of hydrogen-bond donors (Lipinski definition) is 1. The van der Waals surface area contributed by atoms with Crippen molar-refractivity contribution in [2.24, 2.45) is 0 Å². The van der Waals surface area contributed by atoms with Gasteiger partial charge in [0.1, 0.15) is 17.5 Å². The molecule has 0 amide bonds. The van der Waals surface area contributed by atoms with Crippen molar-refractivity contribution in [2.45, 2.75) is 13.8 Å². The van der Waals surface area contributed by atoms with Crippen LogP contribution in [0.15, 0.2) is 36.4 Å². The van der Waals surface area contributed by atoms with Crippen molar-refractivity contribution in [3.63, 3.8) is 0 Å². The molecule has 0 fully saturated rings. The molecule has 1 heterocycles. The third kappa shape index (κ3) is 2.34. The lowest BCUT2D eigenvalue weighted by atomic mass is 10.0. The maximum absolute atomic E-state index is 9.19. The van der Waals surface area contributed by atoms with Gasteiger partial charge in [0.05, 0.1) is 17.7 Å². The Morgan fingerprint density at radius 2 is 2.00 bits per heavy atom. The Morgan fingerprint density at radius 1 is 1.24 bits per heavy atom. The first kappa shape index (κ1) is 13.2. The average Bonchev–Trinajstić information content (AvgIpc) is 2.90. The normalized spacial score (nSPS) is 10.5. The van der Waals surface area contributed by atoms with Crippen LogP contribution in [0.2, 0.25) is 0 Å². The third-order valence-corrected chi connectivity index (χ3v) is 3.41. The van der Waals surface area contributed by atoms with E-state index in [-0.39, 0.29) is 0 Å².